The van der Waals surface area contributed by atoms with Crippen molar-refractivity contribution in [3.05, 3.63) is 35.4 Å². The fourth-order valence-corrected chi connectivity index (χ4v) is 2.13. The van der Waals surface area contributed by atoms with Crippen LogP contribution >= 0.6 is 11.8 Å². The highest BCUT2D eigenvalue weighted by Crippen LogP contribution is 2.18. The molecular formula is C13H19F2NS. The van der Waals surface area contributed by atoms with Gasteiger partial charge in [0.25, 0.3) is 6.43 Å². The first kappa shape index (κ1) is 14.5. The molecule has 0 radical (unpaired) electrons. The Kier molecular flexibility index (Phi) is 6.52. The van der Waals surface area contributed by atoms with Gasteiger partial charge in [-0.15, -0.1) is 0 Å². The second kappa shape index (κ2) is 7.67. The Hall–Kier alpha value is -0.610. The number of halogens is 2. The highest BCUT2D eigenvalue weighted by Gasteiger charge is 2.06. The van der Waals surface area contributed by atoms with E-state index in [0.29, 0.717) is 6.04 Å². The molecule has 1 nitrogen and oxygen atoms in total. The van der Waals surface area contributed by atoms with Gasteiger partial charge in [0.05, 0.1) is 0 Å². The smallest absolute Gasteiger partial charge is 0.263 e. The lowest BCUT2D eigenvalue weighted by molar-refractivity contribution is 0.151. The van der Waals surface area contributed by atoms with Gasteiger partial charge >= 0.3 is 0 Å². The van der Waals surface area contributed by atoms with Crippen LogP contribution in [-0.2, 0) is 6.54 Å². The third-order valence-corrected chi connectivity index (χ3v) is 3.60. The highest BCUT2D eigenvalue weighted by atomic mass is 32.2. The minimum Gasteiger partial charge on any atom is -0.309 e. The fraction of sp³-hybridized carbons (Fsp3) is 0.538. The predicted molar refractivity (Wildman–Crippen MR) is 70.7 cm³/mol. The van der Waals surface area contributed by atoms with Crippen molar-refractivity contribution in [3.63, 3.8) is 0 Å². The second-order valence-corrected chi connectivity index (χ2v) is 5.30. The molecule has 0 saturated heterocycles. The average molecular weight is 259 g/mol. The molecule has 0 saturated carbocycles. The van der Waals surface area contributed by atoms with Gasteiger partial charge in [-0.1, -0.05) is 31.2 Å². The van der Waals surface area contributed by atoms with E-state index in [-0.39, 0.29) is 5.56 Å². The maximum absolute atomic E-state index is 12.3. The van der Waals surface area contributed by atoms with Gasteiger partial charge < -0.3 is 5.32 Å². The molecule has 0 spiro atoms. The van der Waals surface area contributed by atoms with Crippen molar-refractivity contribution in [2.45, 2.75) is 32.9 Å². The van der Waals surface area contributed by atoms with E-state index in [1.165, 1.54) is 12.1 Å². The maximum Gasteiger partial charge on any atom is 0.263 e. The van der Waals surface area contributed by atoms with Crippen molar-refractivity contribution >= 4 is 11.8 Å². The van der Waals surface area contributed by atoms with Crippen LogP contribution in [0.25, 0.3) is 0 Å². The zero-order valence-electron chi connectivity index (χ0n) is 10.2. The van der Waals surface area contributed by atoms with E-state index in [9.17, 15) is 8.78 Å². The first-order valence-electron chi connectivity index (χ1n) is 5.81. The van der Waals surface area contributed by atoms with Crippen LogP contribution < -0.4 is 5.32 Å². The minimum atomic E-state index is -2.38. The van der Waals surface area contributed by atoms with Gasteiger partial charge in [0, 0.05) is 23.9 Å². The van der Waals surface area contributed by atoms with Gasteiger partial charge in [-0.3, -0.25) is 0 Å². The number of benzene rings is 1. The third kappa shape index (κ3) is 5.50. The van der Waals surface area contributed by atoms with E-state index in [0.717, 1.165) is 23.6 Å². The second-order valence-electron chi connectivity index (χ2n) is 3.98. The zero-order valence-corrected chi connectivity index (χ0v) is 11.1. The molecule has 96 valence electrons. The molecule has 1 rings (SSSR count). The van der Waals surface area contributed by atoms with Crippen molar-refractivity contribution in [2.75, 3.05) is 11.5 Å². The maximum atomic E-state index is 12.3. The van der Waals surface area contributed by atoms with Crippen LogP contribution in [0.3, 0.4) is 0 Å². The van der Waals surface area contributed by atoms with Crippen molar-refractivity contribution in [1.82, 2.24) is 5.32 Å². The van der Waals surface area contributed by atoms with Gasteiger partial charge in [0.2, 0.25) is 0 Å². The summed E-state index contributed by atoms with van der Waals surface area (Å²) in [6.07, 6.45) is -2.38. The summed E-state index contributed by atoms with van der Waals surface area (Å²) in [4.78, 5) is 0. The molecule has 1 atom stereocenters. The van der Waals surface area contributed by atoms with Gasteiger partial charge in [0.1, 0.15) is 0 Å². The number of hydrogen-bond acceptors (Lipinski definition) is 2. The van der Waals surface area contributed by atoms with Crippen molar-refractivity contribution in [1.29, 1.82) is 0 Å². The number of rotatable bonds is 7. The lowest BCUT2D eigenvalue weighted by atomic mass is 10.1. The molecule has 0 heterocycles. The van der Waals surface area contributed by atoms with E-state index < -0.39 is 6.43 Å². The van der Waals surface area contributed by atoms with E-state index in [1.807, 2.05) is 11.8 Å². The number of nitrogens with one attached hydrogen (secondary N) is 1. The van der Waals surface area contributed by atoms with E-state index in [1.54, 1.807) is 12.1 Å². The Bertz CT molecular complexity index is 314. The summed E-state index contributed by atoms with van der Waals surface area (Å²) in [5, 5.41) is 3.37. The van der Waals surface area contributed by atoms with E-state index in [2.05, 4.69) is 19.2 Å². The normalized spacial score (nSPS) is 13.0. The van der Waals surface area contributed by atoms with Crippen LogP contribution in [0, 0.1) is 0 Å². The molecule has 0 aliphatic carbocycles. The van der Waals surface area contributed by atoms with Crippen molar-refractivity contribution in [3.8, 4) is 0 Å². The highest BCUT2D eigenvalue weighted by molar-refractivity contribution is 7.99. The van der Waals surface area contributed by atoms with Gasteiger partial charge in [-0.25, -0.2) is 8.78 Å². The summed E-state index contributed by atoms with van der Waals surface area (Å²) in [5.74, 6) is 2.20. The number of thioether (sulfide) groups is 1. The third-order valence-electron chi connectivity index (χ3n) is 2.46. The van der Waals surface area contributed by atoms with E-state index in [4.69, 9.17) is 0 Å². The van der Waals surface area contributed by atoms with Gasteiger partial charge in [-0.2, -0.15) is 11.8 Å². The molecule has 4 heteroatoms. The van der Waals surface area contributed by atoms with Crippen LogP contribution in [-0.4, -0.2) is 17.5 Å². The molecule has 1 aromatic carbocycles. The average Bonchev–Trinajstić information content (AvgIpc) is 2.34. The molecule has 0 aliphatic rings. The topological polar surface area (TPSA) is 12.0 Å². The summed E-state index contributed by atoms with van der Waals surface area (Å²) in [6.45, 7) is 5.01. The molecule has 17 heavy (non-hydrogen) atoms. The minimum absolute atomic E-state index is 0.0864. The molecule has 0 bridgehead atoms. The van der Waals surface area contributed by atoms with E-state index >= 15 is 0 Å². The number of alkyl halides is 2. The first-order valence-corrected chi connectivity index (χ1v) is 6.97. The van der Waals surface area contributed by atoms with Crippen LogP contribution in [0.2, 0.25) is 0 Å². The Morgan fingerprint density at radius 2 is 1.88 bits per heavy atom. The Morgan fingerprint density at radius 1 is 1.24 bits per heavy atom. The van der Waals surface area contributed by atoms with Gasteiger partial charge in [0.15, 0.2) is 0 Å². The summed E-state index contributed by atoms with van der Waals surface area (Å²) in [5.41, 5.74) is 1.13. The summed E-state index contributed by atoms with van der Waals surface area (Å²) in [7, 11) is 0. The largest absolute Gasteiger partial charge is 0.309 e. The number of hydrogen-bond donors (Lipinski definition) is 1. The molecule has 0 fully saturated rings. The summed E-state index contributed by atoms with van der Waals surface area (Å²) >= 11 is 1.90. The first-order chi connectivity index (χ1) is 8.13. The van der Waals surface area contributed by atoms with Crippen molar-refractivity contribution in [2.24, 2.45) is 0 Å². The molecule has 1 unspecified atom stereocenters. The fourth-order valence-electron chi connectivity index (χ4n) is 1.43. The monoisotopic (exact) mass is 259 g/mol. The van der Waals surface area contributed by atoms with Crippen molar-refractivity contribution < 1.29 is 8.78 Å². The lowest BCUT2D eigenvalue weighted by Crippen LogP contribution is -2.27. The van der Waals surface area contributed by atoms with Crippen LogP contribution in [0.15, 0.2) is 24.3 Å². The standard InChI is InChI=1S/C13H19F2NS/c1-3-17-9-10(2)16-8-11-4-6-12(7-5-11)13(14)15/h4-7,10,13,16H,3,8-9H2,1-2H3. The molecule has 0 aromatic heterocycles. The lowest BCUT2D eigenvalue weighted by Gasteiger charge is -2.13. The Morgan fingerprint density at radius 3 is 2.41 bits per heavy atom. The van der Waals surface area contributed by atoms with Crippen LogP contribution in [0.5, 0.6) is 0 Å². The Labute approximate surface area is 106 Å². The Balaban J connectivity index is 2.36. The molecular weight excluding hydrogens is 240 g/mol. The molecule has 1 aromatic rings. The van der Waals surface area contributed by atoms with Crippen LogP contribution in [0.1, 0.15) is 31.4 Å². The molecule has 1 N–H and O–H groups in total. The molecule has 0 aliphatic heterocycles. The summed E-state index contributed by atoms with van der Waals surface area (Å²) < 4.78 is 24.7. The van der Waals surface area contributed by atoms with Crippen LogP contribution in [0.4, 0.5) is 8.78 Å². The SMILES string of the molecule is CCSCC(C)NCc1ccc(C(F)F)cc1. The van der Waals surface area contributed by atoms with Gasteiger partial charge in [-0.05, 0) is 18.2 Å². The quantitative estimate of drug-likeness (QED) is 0.798. The summed E-state index contributed by atoms with van der Waals surface area (Å²) in [6, 6.07) is 6.94. The zero-order chi connectivity index (χ0) is 12.7. The predicted octanol–water partition coefficient (Wildman–Crippen LogP) is 3.86. The molecule has 0 amide bonds.